The highest BCUT2D eigenvalue weighted by atomic mass is 15.1. The Morgan fingerprint density at radius 2 is 1.08 bits per heavy atom. The summed E-state index contributed by atoms with van der Waals surface area (Å²) in [5.74, 6) is 1.07. The number of aromatic nitrogens is 2. The van der Waals surface area contributed by atoms with E-state index in [2.05, 4.69) is 187 Å². The molecule has 2 heteroatoms. The van der Waals surface area contributed by atoms with Gasteiger partial charge < -0.3 is 0 Å². The maximum Gasteiger partial charge on any atom is 0.114 e. The molecule has 53 heavy (non-hydrogen) atoms. The van der Waals surface area contributed by atoms with Crippen LogP contribution in [0.15, 0.2) is 176 Å². The Hall–Kier alpha value is -6.77. The van der Waals surface area contributed by atoms with Gasteiger partial charge in [0.1, 0.15) is 5.82 Å². The maximum atomic E-state index is 4.95. The molecule has 0 saturated heterocycles. The van der Waals surface area contributed by atoms with Crippen molar-refractivity contribution >= 4 is 43.4 Å². The van der Waals surface area contributed by atoms with Crippen molar-refractivity contribution < 1.29 is 0 Å². The molecule has 0 fully saturated rings. The molecule has 0 bridgehead atoms. The monoisotopic (exact) mass is 674 g/mol. The van der Waals surface area contributed by atoms with Gasteiger partial charge in [-0.1, -0.05) is 146 Å². The van der Waals surface area contributed by atoms with E-state index in [1.54, 1.807) is 0 Å². The summed E-state index contributed by atoms with van der Waals surface area (Å²) >= 11 is 0. The molecule has 9 aromatic carbocycles. The predicted molar refractivity (Wildman–Crippen MR) is 224 cm³/mol. The fraction of sp³-hybridized carbons (Fsp3) is 0.0392. The van der Waals surface area contributed by atoms with Crippen LogP contribution in [0.2, 0.25) is 0 Å². The van der Waals surface area contributed by atoms with E-state index in [0.29, 0.717) is 0 Å². The molecular formula is C51H34N2. The molecule has 1 aromatic heterocycles. The molecule has 0 aliphatic heterocycles. The number of imidazole rings is 1. The third-order valence-corrected chi connectivity index (χ3v) is 11.3. The van der Waals surface area contributed by atoms with Gasteiger partial charge in [-0.25, -0.2) is 4.98 Å². The predicted octanol–water partition coefficient (Wildman–Crippen LogP) is 13.7. The summed E-state index contributed by atoms with van der Waals surface area (Å²) in [5.41, 5.74) is 16.0. The lowest BCUT2D eigenvalue weighted by molar-refractivity contribution is 0.908. The third-order valence-electron chi connectivity index (χ3n) is 11.3. The summed E-state index contributed by atoms with van der Waals surface area (Å²) in [4.78, 5) is 4.95. The van der Waals surface area contributed by atoms with Gasteiger partial charge in [0.15, 0.2) is 0 Å². The zero-order valence-corrected chi connectivity index (χ0v) is 29.3. The fourth-order valence-corrected chi connectivity index (χ4v) is 8.94. The van der Waals surface area contributed by atoms with Gasteiger partial charge in [-0.15, -0.1) is 0 Å². The summed E-state index contributed by atoms with van der Waals surface area (Å²) in [5, 5.41) is 7.67. The Labute approximate surface area is 308 Å². The van der Waals surface area contributed by atoms with Crippen LogP contribution in [0, 0.1) is 0 Å². The SMILES string of the molecule is CCc1nc2ccccc2n1-c1ccc(-c2c3ccccc3c(-c3ccc4c(c3)-c3cccc5cccc-4c35)c3cc(-c4ccccc4)ccc23)cc1. The van der Waals surface area contributed by atoms with E-state index in [0.717, 1.165) is 29.0 Å². The first-order chi connectivity index (χ1) is 26.2. The van der Waals surface area contributed by atoms with Gasteiger partial charge in [-0.3, -0.25) is 4.57 Å². The minimum atomic E-state index is 0.862. The largest absolute Gasteiger partial charge is 0.296 e. The van der Waals surface area contributed by atoms with Gasteiger partial charge in [0.25, 0.3) is 0 Å². The van der Waals surface area contributed by atoms with Gasteiger partial charge in [0.05, 0.1) is 11.0 Å². The molecular weight excluding hydrogens is 641 g/mol. The first-order valence-corrected chi connectivity index (χ1v) is 18.5. The van der Waals surface area contributed by atoms with Crippen molar-refractivity contribution in [1.29, 1.82) is 0 Å². The van der Waals surface area contributed by atoms with Crippen molar-refractivity contribution in [2.24, 2.45) is 0 Å². The van der Waals surface area contributed by atoms with Crippen LogP contribution in [0.25, 0.3) is 105 Å². The fourth-order valence-electron chi connectivity index (χ4n) is 8.94. The molecule has 0 radical (unpaired) electrons. The quantitative estimate of drug-likeness (QED) is 0.166. The van der Waals surface area contributed by atoms with Gasteiger partial charge in [0, 0.05) is 12.1 Å². The van der Waals surface area contributed by atoms with Crippen LogP contribution in [0.4, 0.5) is 0 Å². The second kappa shape index (κ2) is 11.6. The van der Waals surface area contributed by atoms with E-state index in [1.807, 2.05) is 0 Å². The van der Waals surface area contributed by atoms with Crippen LogP contribution in [0.1, 0.15) is 12.7 Å². The third kappa shape index (κ3) is 4.49. The van der Waals surface area contributed by atoms with E-state index in [9.17, 15) is 0 Å². The second-order valence-corrected chi connectivity index (χ2v) is 14.1. The summed E-state index contributed by atoms with van der Waals surface area (Å²) < 4.78 is 2.30. The second-order valence-electron chi connectivity index (χ2n) is 14.1. The van der Waals surface area contributed by atoms with E-state index >= 15 is 0 Å². The lowest BCUT2D eigenvalue weighted by atomic mass is 9.84. The van der Waals surface area contributed by atoms with Gasteiger partial charge >= 0.3 is 0 Å². The molecule has 0 atom stereocenters. The number of hydrogen-bond acceptors (Lipinski definition) is 1. The summed E-state index contributed by atoms with van der Waals surface area (Å²) in [6.45, 7) is 2.18. The van der Waals surface area contributed by atoms with Gasteiger partial charge in [-0.05, 0) is 124 Å². The molecule has 2 nitrogen and oxygen atoms in total. The highest BCUT2D eigenvalue weighted by molar-refractivity contribution is 6.23. The molecule has 11 rings (SSSR count). The summed E-state index contributed by atoms with van der Waals surface area (Å²) in [6.07, 6.45) is 0.862. The van der Waals surface area contributed by atoms with Crippen molar-refractivity contribution in [3.8, 4) is 61.3 Å². The zero-order valence-electron chi connectivity index (χ0n) is 29.3. The van der Waals surface area contributed by atoms with Crippen molar-refractivity contribution in [3.63, 3.8) is 0 Å². The van der Waals surface area contributed by atoms with Crippen LogP contribution >= 0.6 is 0 Å². The minimum absolute atomic E-state index is 0.862. The van der Waals surface area contributed by atoms with Gasteiger partial charge in [0.2, 0.25) is 0 Å². The molecule has 0 N–H and O–H groups in total. The van der Waals surface area contributed by atoms with Crippen molar-refractivity contribution in [2.45, 2.75) is 13.3 Å². The Kier molecular flexibility index (Phi) is 6.56. The average Bonchev–Trinajstić information content (AvgIpc) is 3.76. The highest BCUT2D eigenvalue weighted by Gasteiger charge is 2.24. The van der Waals surface area contributed by atoms with Crippen molar-refractivity contribution in [1.82, 2.24) is 9.55 Å². The van der Waals surface area contributed by atoms with E-state index in [4.69, 9.17) is 4.98 Å². The van der Waals surface area contributed by atoms with Gasteiger partial charge in [-0.2, -0.15) is 0 Å². The van der Waals surface area contributed by atoms with Crippen LogP contribution in [0.3, 0.4) is 0 Å². The van der Waals surface area contributed by atoms with Crippen molar-refractivity contribution in [3.05, 3.63) is 182 Å². The summed E-state index contributed by atoms with van der Waals surface area (Å²) in [7, 11) is 0. The van der Waals surface area contributed by atoms with Crippen LogP contribution in [-0.4, -0.2) is 9.55 Å². The number of para-hydroxylation sites is 2. The van der Waals surface area contributed by atoms with Crippen molar-refractivity contribution in [2.75, 3.05) is 0 Å². The highest BCUT2D eigenvalue weighted by Crippen LogP contribution is 2.50. The molecule has 248 valence electrons. The van der Waals surface area contributed by atoms with E-state index in [1.165, 1.54) is 88.0 Å². The Balaban J connectivity index is 1.16. The molecule has 1 aliphatic carbocycles. The molecule has 1 heterocycles. The number of fused-ring (bicyclic) bond motifs is 6. The molecule has 0 amide bonds. The number of hydrogen-bond donors (Lipinski definition) is 0. The Morgan fingerprint density at radius 1 is 0.434 bits per heavy atom. The Morgan fingerprint density at radius 3 is 1.85 bits per heavy atom. The zero-order chi connectivity index (χ0) is 35.0. The normalized spacial score (nSPS) is 11.9. The first-order valence-electron chi connectivity index (χ1n) is 18.5. The molecule has 0 saturated carbocycles. The lowest BCUT2D eigenvalue weighted by Gasteiger charge is -2.19. The maximum absolute atomic E-state index is 4.95. The van der Waals surface area contributed by atoms with Crippen LogP contribution in [-0.2, 0) is 6.42 Å². The molecule has 0 spiro atoms. The minimum Gasteiger partial charge on any atom is -0.296 e. The topological polar surface area (TPSA) is 17.8 Å². The first kappa shape index (κ1) is 29.9. The molecule has 1 aliphatic rings. The lowest BCUT2D eigenvalue weighted by Crippen LogP contribution is -2.00. The average molecular weight is 675 g/mol. The number of rotatable bonds is 5. The van der Waals surface area contributed by atoms with E-state index < -0.39 is 0 Å². The molecule has 10 aromatic rings. The molecule has 0 unspecified atom stereocenters. The Bertz CT molecular complexity index is 3070. The van der Waals surface area contributed by atoms with E-state index in [-0.39, 0.29) is 0 Å². The number of nitrogens with zero attached hydrogens (tertiary/aromatic N) is 2. The van der Waals surface area contributed by atoms with Crippen LogP contribution in [0.5, 0.6) is 0 Å². The van der Waals surface area contributed by atoms with Crippen LogP contribution < -0.4 is 0 Å². The standard InChI is InChI=1S/C51H34N2/c1-2-48-52-46-20-8-9-21-47(46)53(48)37-26-22-34(23-27-37)50-40-16-6-7-17-41(40)51(45-30-35(24-29-43(45)50)32-12-4-3-5-13-32)36-25-28-38-39-18-10-14-33-15-11-19-42(49(33)39)44(38)31-36/h3-31H,2H2,1H3. The number of benzene rings is 9. The smallest absolute Gasteiger partial charge is 0.114 e. The number of aryl methyl sites for hydroxylation is 1. The summed E-state index contributed by atoms with van der Waals surface area (Å²) in [6, 6.07) is 64.8.